The molecule has 226 valence electrons. The predicted molar refractivity (Wildman–Crippen MR) is 150 cm³/mol. The summed E-state index contributed by atoms with van der Waals surface area (Å²) in [6, 6.07) is 7.84. The van der Waals surface area contributed by atoms with Crippen molar-refractivity contribution in [3.05, 3.63) is 58.9 Å². The van der Waals surface area contributed by atoms with E-state index >= 15 is 0 Å². The Balaban J connectivity index is 1.46. The number of halogens is 3. The topological polar surface area (TPSA) is 88.6 Å². The number of fused-ring (bicyclic) bond motifs is 1. The van der Waals surface area contributed by atoms with E-state index in [9.17, 15) is 26.4 Å². The van der Waals surface area contributed by atoms with Crippen molar-refractivity contribution >= 4 is 15.7 Å². The van der Waals surface area contributed by atoms with E-state index in [-0.39, 0.29) is 53.9 Å². The molecule has 1 fully saturated rings. The van der Waals surface area contributed by atoms with E-state index in [4.69, 9.17) is 9.72 Å². The van der Waals surface area contributed by atoms with E-state index in [1.54, 1.807) is 25.3 Å². The Kier molecular flexibility index (Phi) is 9.81. The van der Waals surface area contributed by atoms with Crippen LogP contribution in [0.2, 0.25) is 0 Å². The summed E-state index contributed by atoms with van der Waals surface area (Å²) in [5.41, 5.74) is 3.00. The molecule has 2 atom stereocenters. The Labute approximate surface area is 240 Å². The van der Waals surface area contributed by atoms with Crippen LogP contribution < -0.4 is 5.32 Å². The van der Waals surface area contributed by atoms with Crippen LogP contribution in [0.5, 0.6) is 0 Å². The molecule has 1 saturated carbocycles. The first-order valence-electron chi connectivity index (χ1n) is 14.3. The molecule has 4 rings (SSSR count). The number of methoxy groups -OCH3 is 1. The van der Waals surface area contributed by atoms with Crippen molar-refractivity contribution in [1.82, 2.24) is 15.2 Å². The minimum absolute atomic E-state index is 0.00415. The predicted octanol–water partition coefficient (Wildman–Crippen LogP) is 5.87. The van der Waals surface area contributed by atoms with Gasteiger partial charge >= 0.3 is 6.18 Å². The number of sulfone groups is 1. The standard InChI is InChI=1S/C30H40F3N3O4S/c1-5-41(38,39)25-12-8-21(9-13-25)26(18-40-4)35-29(37)22-14-23-17-36(28(19(2)3)27(23)34-15-22)16-20-6-10-24(11-7-20)30(31,32)33/h8-9,12-15,19-20,24,26,28H,5-7,10-11,16-18H2,1-4H3,(H,35,37)/t20?,24?,26-,28-/m0/s1. The van der Waals surface area contributed by atoms with Crippen LogP contribution in [0.3, 0.4) is 0 Å². The first-order chi connectivity index (χ1) is 19.3. The summed E-state index contributed by atoms with van der Waals surface area (Å²) >= 11 is 0. The van der Waals surface area contributed by atoms with Crippen LogP contribution in [0.15, 0.2) is 41.4 Å². The number of hydrogen-bond donors (Lipinski definition) is 1. The maximum atomic E-state index is 13.3. The normalized spacial score (nSPS) is 22.5. The summed E-state index contributed by atoms with van der Waals surface area (Å²) < 4.78 is 69.1. The molecule has 1 amide bonds. The molecule has 2 aromatic rings. The van der Waals surface area contributed by atoms with Gasteiger partial charge in [-0.15, -0.1) is 0 Å². The highest BCUT2D eigenvalue weighted by Gasteiger charge is 2.42. The van der Waals surface area contributed by atoms with Gasteiger partial charge in [0, 0.05) is 26.4 Å². The van der Waals surface area contributed by atoms with E-state index in [2.05, 4.69) is 24.1 Å². The monoisotopic (exact) mass is 595 g/mol. The molecule has 1 aromatic carbocycles. The van der Waals surface area contributed by atoms with Gasteiger partial charge in [-0.2, -0.15) is 13.2 Å². The van der Waals surface area contributed by atoms with Crippen LogP contribution in [-0.4, -0.2) is 56.4 Å². The van der Waals surface area contributed by atoms with Crippen molar-refractivity contribution in [3.8, 4) is 0 Å². The third-order valence-electron chi connectivity index (χ3n) is 8.40. The second kappa shape index (κ2) is 12.8. The zero-order valence-corrected chi connectivity index (χ0v) is 24.9. The van der Waals surface area contributed by atoms with Crippen molar-refractivity contribution in [2.45, 2.75) is 76.2 Å². The van der Waals surface area contributed by atoms with Gasteiger partial charge in [-0.05, 0) is 66.8 Å². The third-order valence-corrected chi connectivity index (χ3v) is 10.2. The van der Waals surface area contributed by atoms with Gasteiger partial charge in [0.15, 0.2) is 9.84 Å². The zero-order chi connectivity index (χ0) is 29.9. The lowest BCUT2D eigenvalue weighted by Crippen LogP contribution is -2.35. The molecule has 0 bridgehead atoms. The van der Waals surface area contributed by atoms with E-state index in [0.29, 0.717) is 31.5 Å². The number of pyridine rings is 1. The van der Waals surface area contributed by atoms with Crippen LogP contribution in [0.1, 0.15) is 85.7 Å². The molecule has 0 saturated heterocycles. The molecule has 7 nitrogen and oxygen atoms in total. The van der Waals surface area contributed by atoms with E-state index < -0.39 is 28.0 Å². The van der Waals surface area contributed by atoms with E-state index in [0.717, 1.165) is 16.8 Å². The lowest BCUT2D eigenvalue weighted by Gasteiger charge is -2.35. The molecule has 2 heterocycles. The number of aromatic nitrogens is 1. The molecule has 0 unspecified atom stereocenters. The van der Waals surface area contributed by atoms with Crippen LogP contribution >= 0.6 is 0 Å². The Morgan fingerprint density at radius 1 is 1.15 bits per heavy atom. The Hall–Kier alpha value is -2.50. The number of amides is 1. The van der Waals surface area contributed by atoms with Gasteiger partial charge in [-0.25, -0.2) is 8.42 Å². The number of alkyl halides is 3. The smallest absolute Gasteiger partial charge is 0.382 e. The first-order valence-corrected chi connectivity index (χ1v) is 15.9. The van der Waals surface area contributed by atoms with Gasteiger partial charge < -0.3 is 10.1 Å². The molecule has 1 aromatic heterocycles. The number of carbonyl (C=O) groups excluding carboxylic acids is 1. The van der Waals surface area contributed by atoms with Gasteiger partial charge in [0.2, 0.25) is 0 Å². The van der Waals surface area contributed by atoms with Crippen LogP contribution in [0.25, 0.3) is 0 Å². The molecule has 0 radical (unpaired) electrons. The van der Waals surface area contributed by atoms with Gasteiger partial charge in [0.05, 0.1) is 46.5 Å². The minimum atomic E-state index is -4.11. The Morgan fingerprint density at radius 2 is 1.80 bits per heavy atom. The Bertz CT molecular complexity index is 1310. The average Bonchev–Trinajstić information content (AvgIpc) is 3.30. The van der Waals surface area contributed by atoms with E-state index in [1.807, 2.05) is 6.07 Å². The number of benzene rings is 1. The fraction of sp³-hybridized carbons (Fsp3) is 0.600. The molecule has 1 aliphatic heterocycles. The van der Waals surface area contributed by atoms with Gasteiger partial charge in [0.1, 0.15) is 0 Å². The van der Waals surface area contributed by atoms with Crippen molar-refractivity contribution in [1.29, 1.82) is 0 Å². The number of nitrogens with one attached hydrogen (secondary N) is 1. The molecular weight excluding hydrogens is 555 g/mol. The average molecular weight is 596 g/mol. The number of ether oxygens (including phenoxy) is 1. The molecule has 0 spiro atoms. The number of nitrogens with zero attached hydrogens (tertiary/aromatic N) is 2. The van der Waals surface area contributed by atoms with Crippen molar-refractivity contribution in [3.63, 3.8) is 0 Å². The van der Waals surface area contributed by atoms with Crippen molar-refractivity contribution < 1.29 is 31.1 Å². The molecular formula is C30H40F3N3O4S. The fourth-order valence-corrected chi connectivity index (χ4v) is 7.04. The summed E-state index contributed by atoms with van der Waals surface area (Å²) in [6.07, 6.45) is -1.04. The largest absolute Gasteiger partial charge is 0.391 e. The highest BCUT2D eigenvalue weighted by molar-refractivity contribution is 7.91. The maximum absolute atomic E-state index is 13.3. The lowest BCUT2D eigenvalue weighted by atomic mass is 9.81. The van der Waals surface area contributed by atoms with Gasteiger partial charge in [-0.3, -0.25) is 14.7 Å². The quantitative estimate of drug-likeness (QED) is 0.370. The molecule has 1 N–H and O–H groups in total. The number of hydrogen-bond acceptors (Lipinski definition) is 6. The molecule has 1 aliphatic carbocycles. The minimum Gasteiger partial charge on any atom is -0.382 e. The lowest BCUT2D eigenvalue weighted by molar-refractivity contribution is -0.184. The number of carbonyl (C=O) groups is 1. The fourth-order valence-electron chi connectivity index (χ4n) is 6.15. The summed E-state index contributed by atoms with van der Waals surface area (Å²) in [5.74, 6) is -1.05. The second-order valence-corrected chi connectivity index (χ2v) is 13.9. The Morgan fingerprint density at radius 3 is 2.37 bits per heavy atom. The zero-order valence-electron chi connectivity index (χ0n) is 24.1. The van der Waals surface area contributed by atoms with Gasteiger partial charge in [-0.1, -0.05) is 32.9 Å². The molecule has 11 heteroatoms. The highest BCUT2D eigenvalue weighted by Crippen LogP contribution is 2.43. The van der Waals surface area contributed by atoms with Crippen LogP contribution in [-0.2, 0) is 21.1 Å². The summed E-state index contributed by atoms with van der Waals surface area (Å²) in [6.45, 7) is 7.33. The SMILES string of the molecule is CCS(=O)(=O)c1ccc([C@H](COC)NC(=O)c2cnc3c(c2)CN(CC2CCC(C(F)(F)F)CC2)[C@H]3C(C)C)cc1. The molecule has 41 heavy (non-hydrogen) atoms. The highest BCUT2D eigenvalue weighted by atomic mass is 32.2. The van der Waals surface area contributed by atoms with Crippen LogP contribution in [0.4, 0.5) is 13.2 Å². The van der Waals surface area contributed by atoms with Crippen molar-refractivity contribution in [2.75, 3.05) is 26.0 Å². The first kappa shape index (κ1) is 31.4. The van der Waals surface area contributed by atoms with Gasteiger partial charge in [0.25, 0.3) is 5.91 Å². The summed E-state index contributed by atoms with van der Waals surface area (Å²) in [4.78, 5) is 20.5. The van der Waals surface area contributed by atoms with Crippen LogP contribution in [0, 0.1) is 17.8 Å². The maximum Gasteiger partial charge on any atom is 0.391 e. The van der Waals surface area contributed by atoms with Crippen molar-refractivity contribution in [2.24, 2.45) is 17.8 Å². The summed E-state index contributed by atoms with van der Waals surface area (Å²) in [5, 5.41) is 2.98. The number of rotatable bonds is 10. The van der Waals surface area contributed by atoms with E-state index in [1.165, 1.54) is 19.2 Å². The second-order valence-electron chi connectivity index (χ2n) is 11.6. The molecule has 2 aliphatic rings. The third kappa shape index (κ3) is 7.29. The summed E-state index contributed by atoms with van der Waals surface area (Å²) in [7, 11) is -1.80.